The topological polar surface area (TPSA) is 88.9 Å². The van der Waals surface area contributed by atoms with E-state index in [0.717, 1.165) is 18.4 Å². The van der Waals surface area contributed by atoms with Gasteiger partial charge in [0.2, 0.25) is 11.9 Å². The van der Waals surface area contributed by atoms with Crippen LogP contribution in [0.25, 0.3) is 11.4 Å². The summed E-state index contributed by atoms with van der Waals surface area (Å²) in [4.78, 5) is 29.8. The van der Waals surface area contributed by atoms with Gasteiger partial charge in [-0.1, -0.05) is 37.3 Å². The van der Waals surface area contributed by atoms with E-state index in [1.807, 2.05) is 37.3 Å². The molecule has 0 atom stereocenters. The lowest BCUT2D eigenvalue weighted by atomic mass is 10.0. The van der Waals surface area contributed by atoms with E-state index < -0.39 is 11.4 Å². The van der Waals surface area contributed by atoms with Gasteiger partial charge in [0.25, 0.3) is 5.91 Å². The summed E-state index contributed by atoms with van der Waals surface area (Å²) >= 11 is 0. The molecule has 0 spiro atoms. The zero-order chi connectivity index (χ0) is 22.9. The van der Waals surface area contributed by atoms with Crippen molar-refractivity contribution < 1.29 is 14.0 Å². The maximum absolute atomic E-state index is 13.4. The van der Waals surface area contributed by atoms with Crippen molar-refractivity contribution in [3.8, 4) is 11.4 Å². The van der Waals surface area contributed by atoms with Crippen LogP contribution >= 0.6 is 0 Å². The van der Waals surface area contributed by atoms with Gasteiger partial charge in [0.15, 0.2) is 5.82 Å². The Balaban J connectivity index is 1.58. The van der Waals surface area contributed by atoms with Crippen molar-refractivity contribution >= 4 is 17.8 Å². The normalized spacial score (nSPS) is 14.6. The highest BCUT2D eigenvalue weighted by Crippen LogP contribution is 2.45. The molecule has 1 heterocycles. The Morgan fingerprint density at radius 1 is 1.09 bits per heavy atom. The van der Waals surface area contributed by atoms with Crippen molar-refractivity contribution in [1.29, 1.82) is 0 Å². The summed E-state index contributed by atoms with van der Waals surface area (Å²) in [6.45, 7) is 5.61. The summed E-state index contributed by atoms with van der Waals surface area (Å²) in [7, 11) is 0. The Hall–Kier alpha value is -3.55. The number of anilines is 1. The number of aromatic nitrogens is 3. The molecule has 0 radical (unpaired) electrons. The van der Waals surface area contributed by atoms with Crippen LogP contribution in [0.2, 0.25) is 0 Å². The van der Waals surface area contributed by atoms with Gasteiger partial charge in [-0.2, -0.15) is 4.98 Å². The molecular formula is C24H26FN5O2. The summed E-state index contributed by atoms with van der Waals surface area (Å²) < 4.78 is 15.1. The largest absolute Gasteiger partial charge is 0.342 e. The molecule has 2 aromatic carbocycles. The van der Waals surface area contributed by atoms with Crippen molar-refractivity contribution in [1.82, 2.24) is 20.1 Å². The first-order valence-corrected chi connectivity index (χ1v) is 10.6. The van der Waals surface area contributed by atoms with Gasteiger partial charge in [0.1, 0.15) is 11.4 Å². The molecule has 1 fully saturated rings. The maximum atomic E-state index is 13.4. The maximum Gasteiger partial charge on any atom is 0.251 e. The van der Waals surface area contributed by atoms with Crippen LogP contribution < -0.4 is 10.6 Å². The van der Waals surface area contributed by atoms with Crippen molar-refractivity contribution in [2.45, 2.75) is 45.7 Å². The Morgan fingerprint density at radius 3 is 2.38 bits per heavy atom. The molecule has 0 bridgehead atoms. The van der Waals surface area contributed by atoms with Gasteiger partial charge in [-0.05, 0) is 56.5 Å². The molecule has 4 rings (SSSR count). The lowest BCUT2D eigenvalue weighted by molar-refractivity contribution is -0.132. The number of hydrogen-bond acceptors (Lipinski definition) is 4. The average molecular weight is 436 g/mol. The quantitative estimate of drug-likeness (QED) is 0.591. The molecule has 0 aliphatic heterocycles. The fourth-order valence-electron chi connectivity index (χ4n) is 3.24. The first-order valence-electron chi connectivity index (χ1n) is 10.6. The Bertz CT molecular complexity index is 1130. The predicted molar refractivity (Wildman–Crippen MR) is 119 cm³/mol. The average Bonchev–Trinajstić information content (AvgIpc) is 3.40. The van der Waals surface area contributed by atoms with Gasteiger partial charge in [-0.15, -0.1) is 5.10 Å². The fraction of sp³-hybridized carbons (Fsp3) is 0.333. The monoisotopic (exact) mass is 435 g/mol. The van der Waals surface area contributed by atoms with Gasteiger partial charge in [-0.3, -0.25) is 14.9 Å². The molecule has 1 aromatic heterocycles. The molecular weight excluding hydrogens is 409 g/mol. The number of hydrogen-bond donors (Lipinski definition) is 2. The Labute approximate surface area is 186 Å². The van der Waals surface area contributed by atoms with E-state index in [4.69, 9.17) is 0 Å². The van der Waals surface area contributed by atoms with E-state index in [0.29, 0.717) is 17.9 Å². The van der Waals surface area contributed by atoms with Crippen LogP contribution in [0, 0.1) is 11.2 Å². The number of benzene rings is 2. The van der Waals surface area contributed by atoms with Crippen molar-refractivity contribution in [3.63, 3.8) is 0 Å². The minimum Gasteiger partial charge on any atom is -0.342 e. The smallest absolute Gasteiger partial charge is 0.251 e. The molecule has 7 nitrogen and oxygen atoms in total. The van der Waals surface area contributed by atoms with E-state index in [1.54, 1.807) is 30.7 Å². The highest BCUT2D eigenvalue weighted by atomic mass is 19.1. The zero-order valence-corrected chi connectivity index (χ0v) is 18.4. The lowest BCUT2D eigenvalue weighted by Gasteiger charge is -2.26. The van der Waals surface area contributed by atoms with E-state index >= 15 is 0 Å². The molecule has 166 valence electrons. The minimum absolute atomic E-state index is 0.116. The highest BCUT2D eigenvalue weighted by Gasteiger charge is 2.47. The molecule has 3 aromatic rings. The summed E-state index contributed by atoms with van der Waals surface area (Å²) in [5, 5.41) is 10.0. The molecule has 1 aliphatic carbocycles. The van der Waals surface area contributed by atoms with Crippen LogP contribution in [0.1, 0.15) is 39.2 Å². The first kappa shape index (κ1) is 21.7. The molecule has 2 amide bonds. The van der Waals surface area contributed by atoms with Crippen LogP contribution in [0.15, 0.2) is 54.6 Å². The Morgan fingerprint density at radius 2 is 1.75 bits per heavy atom. The number of carbonyl (C=O) groups is 2. The molecule has 0 saturated heterocycles. The standard InChI is InChI=1S/C24H26FN5O2/c1-23(2,28-21(32)24(3)13-14-24)20(31)27-22-26-19(17-9-11-18(25)12-10-17)30(29-22)15-16-7-5-4-6-8-16/h4-12H,13-15H2,1-3H3,(H,28,32)(H,27,29,31). The van der Waals surface area contributed by atoms with E-state index in [2.05, 4.69) is 20.7 Å². The third-order valence-electron chi connectivity index (χ3n) is 5.72. The molecule has 32 heavy (non-hydrogen) atoms. The van der Waals surface area contributed by atoms with Crippen LogP contribution in [0.5, 0.6) is 0 Å². The Kier molecular flexibility index (Phi) is 5.54. The van der Waals surface area contributed by atoms with E-state index in [9.17, 15) is 14.0 Å². The summed E-state index contributed by atoms with van der Waals surface area (Å²) in [5.41, 5.74) is 0.153. The fourth-order valence-corrected chi connectivity index (χ4v) is 3.24. The van der Waals surface area contributed by atoms with Crippen LogP contribution in [0.4, 0.5) is 10.3 Å². The van der Waals surface area contributed by atoms with Crippen molar-refractivity contribution in [2.75, 3.05) is 5.32 Å². The van der Waals surface area contributed by atoms with Gasteiger partial charge in [-0.25, -0.2) is 9.07 Å². The summed E-state index contributed by atoms with van der Waals surface area (Å²) in [6, 6.07) is 15.7. The lowest BCUT2D eigenvalue weighted by Crippen LogP contribution is -2.54. The minimum atomic E-state index is -1.14. The molecule has 1 aliphatic rings. The first-order chi connectivity index (χ1) is 15.2. The SMILES string of the molecule is CC1(C(=O)NC(C)(C)C(=O)Nc2nc(-c3ccc(F)cc3)n(Cc3ccccc3)n2)CC1. The molecule has 0 unspecified atom stereocenters. The van der Waals surface area contributed by atoms with Crippen molar-refractivity contribution in [2.24, 2.45) is 5.41 Å². The molecule has 8 heteroatoms. The number of amides is 2. The van der Waals surface area contributed by atoms with Crippen LogP contribution in [0.3, 0.4) is 0 Å². The van der Waals surface area contributed by atoms with Gasteiger partial charge in [0.05, 0.1) is 6.54 Å². The molecule has 1 saturated carbocycles. The van der Waals surface area contributed by atoms with Gasteiger partial charge in [0, 0.05) is 11.0 Å². The summed E-state index contributed by atoms with van der Waals surface area (Å²) in [5.74, 6) is -0.287. The number of halogens is 1. The van der Waals surface area contributed by atoms with E-state index in [1.165, 1.54) is 12.1 Å². The zero-order valence-electron chi connectivity index (χ0n) is 18.4. The van der Waals surface area contributed by atoms with Crippen LogP contribution in [-0.2, 0) is 16.1 Å². The second kappa shape index (κ2) is 8.18. The van der Waals surface area contributed by atoms with Crippen molar-refractivity contribution in [3.05, 3.63) is 66.0 Å². The van der Waals surface area contributed by atoms with Gasteiger partial charge >= 0.3 is 0 Å². The third kappa shape index (κ3) is 4.69. The van der Waals surface area contributed by atoms with E-state index in [-0.39, 0.29) is 23.1 Å². The van der Waals surface area contributed by atoms with Gasteiger partial charge < -0.3 is 5.32 Å². The highest BCUT2D eigenvalue weighted by molar-refractivity contribution is 6.00. The second-order valence-corrected chi connectivity index (χ2v) is 9.00. The third-order valence-corrected chi connectivity index (χ3v) is 5.72. The predicted octanol–water partition coefficient (Wildman–Crippen LogP) is 3.77. The number of nitrogens with one attached hydrogen (secondary N) is 2. The number of nitrogens with zero attached hydrogens (tertiary/aromatic N) is 3. The number of rotatable bonds is 7. The number of carbonyl (C=O) groups excluding carboxylic acids is 2. The van der Waals surface area contributed by atoms with Crippen LogP contribution in [-0.4, -0.2) is 32.1 Å². The second-order valence-electron chi connectivity index (χ2n) is 9.00. The summed E-state index contributed by atoms with van der Waals surface area (Å²) in [6.07, 6.45) is 1.64. The molecule has 2 N–H and O–H groups in total.